The van der Waals surface area contributed by atoms with Crippen LogP contribution in [0.4, 0.5) is 0 Å². The molecule has 1 aromatic carbocycles. The Morgan fingerprint density at radius 1 is 1.26 bits per heavy atom. The summed E-state index contributed by atoms with van der Waals surface area (Å²) < 4.78 is 12.9. The van der Waals surface area contributed by atoms with Crippen molar-refractivity contribution in [3.8, 4) is 22.8 Å². The fourth-order valence-corrected chi connectivity index (χ4v) is 3.07. The second-order valence-electron chi connectivity index (χ2n) is 5.48. The molecule has 0 saturated carbocycles. The Bertz CT molecular complexity index is 933. The number of aryl methyl sites for hydroxylation is 1. The van der Waals surface area contributed by atoms with Crippen molar-refractivity contribution in [3.63, 3.8) is 0 Å². The molecule has 2 N–H and O–H groups in total. The monoisotopic (exact) mass is 325 g/mol. The number of nitrogens with zero attached hydrogens (tertiary/aromatic N) is 2. The first-order chi connectivity index (χ1) is 11.1. The van der Waals surface area contributed by atoms with Gasteiger partial charge in [0.25, 0.3) is 0 Å². The third-order valence-electron chi connectivity index (χ3n) is 3.92. The summed E-state index contributed by atoms with van der Waals surface area (Å²) in [4.78, 5) is 5.22. The van der Waals surface area contributed by atoms with Crippen molar-refractivity contribution < 1.29 is 9.47 Å². The summed E-state index contributed by atoms with van der Waals surface area (Å²) in [5, 5.41) is 0. The summed E-state index contributed by atoms with van der Waals surface area (Å²) in [6.45, 7) is 2.30. The van der Waals surface area contributed by atoms with Crippen LogP contribution in [0.1, 0.15) is 11.4 Å². The van der Waals surface area contributed by atoms with Crippen molar-refractivity contribution in [1.82, 2.24) is 9.38 Å². The van der Waals surface area contributed by atoms with Gasteiger partial charge in [0, 0.05) is 17.7 Å². The molecule has 0 atom stereocenters. The van der Waals surface area contributed by atoms with Crippen LogP contribution in [0.3, 0.4) is 0 Å². The first-order valence-corrected chi connectivity index (χ1v) is 7.69. The summed E-state index contributed by atoms with van der Waals surface area (Å²) in [7, 11) is 0. The number of rotatable bonds is 3. The Morgan fingerprint density at radius 2 is 2.09 bits per heavy atom. The van der Waals surface area contributed by atoms with Gasteiger partial charge in [0.15, 0.2) is 11.5 Å². The average molecular weight is 325 g/mol. The van der Waals surface area contributed by atoms with E-state index in [9.17, 15) is 0 Å². The molecule has 0 unspecified atom stereocenters. The minimum absolute atomic E-state index is 0.253. The summed E-state index contributed by atoms with van der Waals surface area (Å²) in [5.74, 6) is 1.49. The Balaban J connectivity index is 1.95. The zero-order valence-corrected chi connectivity index (χ0v) is 13.4. The number of ether oxygens (including phenoxy) is 2. The number of nitrogens with two attached hydrogens (primary N) is 1. The molecular weight excluding hydrogens is 310 g/mol. The maximum absolute atomic E-state index is 5.81. The van der Waals surface area contributed by atoms with E-state index in [0.29, 0.717) is 11.4 Å². The molecule has 0 aliphatic carbocycles. The van der Waals surface area contributed by atoms with Gasteiger partial charge < -0.3 is 19.6 Å². The molecule has 116 valence electrons. The normalized spacial score (nSPS) is 12.7. The first kappa shape index (κ1) is 14.0. The third kappa shape index (κ3) is 2.31. The predicted molar refractivity (Wildman–Crippen MR) is 92.0 cm³/mol. The lowest BCUT2D eigenvalue weighted by molar-refractivity contribution is 0.174. The molecule has 23 heavy (non-hydrogen) atoms. The number of aromatic nitrogens is 2. The lowest BCUT2D eigenvalue weighted by atomic mass is 10.1. The first-order valence-electron chi connectivity index (χ1n) is 7.29. The molecule has 1 aliphatic heterocycles. The van der Waals surface area contributed by atoms with E-state index < -0.39 is 0 Å². The van der Waals surface area contributed by atoms with Gasteiger partial charge in [-0.1, -0.05) is 18.3 Å². The Morgan fingerprint density at radius 3 is 2.91 bits per heavy atom. The molecule has 3 aromatic rings. The van der Waals surface area contributed by atoms with Crippen molar-refractivity contribution in [1.29, 1.82) is 0 Å². The van der Waals surface area contributed by atoms with E-state index in [1.165, 1.54) is 0 Å². The Labute approximate surface area is 138 Å². The smallest absolute Gasteiger partial charge is 0.231 e. The topological polar surface area (TPSA) is 61.8 Å². The van der Waals surface area contributed by atoms with E-state index in [-0.39, 0.29) is 6.79 Å². The standard InChI is InChI=1S/C17H15N3O2S/c1-10-3-2-4-16-19-17(12(20(10)16)8-15(18)23)11-5-6-13-14(7-11)22-9-21-13/h2-7H,8-9H2,1H3,(H2,18,23). The van der Waals surface area contributed by atoms with Crippen molar-refractivity contribution in [2.24, 2.45) is 5.73 Å². The van der Waals surface area contributed by atoms with E-state index in [2.05, 4.69) is 4.40 Å². The van der Waals surface area contributed by atoms with Crippen LogP contribution >= 0.6 is 12.2 Å². The van der Waals surface area contributed by atoms with Gasteiger partial charge in [-0.25, -0.2) is 4.98 Å². The van der Waals surface area contributed by atoms with E-state index >= 15 is 0 Å². The molecule has 0 bridgehead atoms. The molecule has 1 aliphatic rings. The van der Waals surface area contributed by atoms with Gasteiger partial charge in [-0.15, -0.1) is 0 Å². The highest BCUT2D eigenvalue weighted by Gasteiger charge is 2.19. The van der Waals surface area contributed by atoms with Crippen LogP contribution < -0.4 is 15.2 Å². The lowest BCUT2D eigenvalue weighted by Gasteiger charge is -2.07. The largest absolute Gasteiger partial charge is 0.454 e. The number of hydrogen-bond donors (Lipinski definition) is 1. The van der Waals surface area contributed by atoms with Crippen LogP contribution in [0.25, 0.3) is 16.9 Å². The summed E-state index contributed by atoms with van der Waals surface area (Å²) in [6.07, 6.45) is 0.491. The maximum Gasteiger partial charge on any atom is 0.231 e. The van der Waals surface area contributed by atoms with Gasteiger partial charge in [0.05, 0.1) is 16.4 Å². The SMILES string of the molecule is Cc1cccc2nc(-c3ccc4c(c3)OCO4)c(CC(N)=S)n12. The summed E-state index contributed by atoms with van der Waals surface area (Å²) >= 11 is 5.13. The molecular formula is C17H15N3O2S. The molecule has 0 radical (unpaired) electrons. The zero-order valence-electron chi connectivity index (χ0n) is 12.6. The molecule has 3 heterocycles. The van der Waals surface area contributed by atoms with Crippen molar-refractivity contribution in [2.75, 3.05) is 6.79 Å². The molecule has 4 rings (SSSR count). The van der Waals surface area contributed by atoms with Gasteiger partial charge in [-0.2, -0.15) is 0 Å². The number of thiocarbonyl (C=S) groups is 1. The van der Waals surface area contributed by atoms with Gasteiger partial charge in [0.2, 0.25) is 6.79 Å². The summed E-state index contributed by atoms with van der Waals surface area (Å²) in [5.41, 5.74) is 10.6. The zero-order chi connectivity index (χ0) is 16.0. The third-order valence-corrected chi connectivity index (χ3v) is 4.07. The second kappa shape index (κ2) is 5.24. The highest BCUT2D eigenvalue weighted by Crippen LogP contribution is 2.37. The van der Waals surface area contributed by atoms with Crippen LogP contribution in [0.15, 0.2) is 36.4 Å². The van der Waals surface area contributed by atoms with E-state index in [0.717, 1.165) is 39.8 Å². The van der Waals surface area contributed by atoms with E-state index in [1.807, 2.05) is 43.3 Å². The Kier molecular flexibility index (Phi) is 3.20. The molecule has 5 nitrogen and oxygen atoms in total. The maximum atomic E-state index is 5.81. The molecule has 0 fully saturated rings. The summed E-state index contributed by atoms with van der Waals surface area (Å²) in [6, 6.07) is 11.8. The van der Waals surface area contributed by atoms with Gasteiger partial charge in [-0.05, 0) is 37.3 Å². The number of benzene rings is 1. The van der Waals surface area contributed by atoms with Crippen LogP contribution in [-0.4, -0.2) is 21.2 Å². The fourth-order valence-electron chi connectivity index (χ4n) is 2.93. The predicted octanol–water partition coefficient (Wildman–Crippen LogP) is 2.87. The molecule has 0 saturated heterocycles. The number of hydrogen-bond acceptors (Lipinski definition) is 4. The number of pyridine rings is 1. The Hall–Kier alpha value is -2.60. The van der Waals surface area contributed by atoms with Gasteiger partial charge in [-0.3, -0.25) is 0 Å². The van der Waals surface area contributed by atoms with Crippen molar-refractivity contribution in [3.05, 3.63) is 47.8 Å². The van der Waals surface area contributed by atoms with E-state index in [1.54, 1.807) is 0 Å². The fraction of sp³-hybridized carbons (Fsp3) is 0.176. The molecule has 0 spiro atoms. The quantitative estimate of drug-likeness (QED) is 0.750. The average Bonchev–Trinajstić information content (AvgIpc) is 3.11. The van der Waals surface area contributed by atoms with Crippen LogP contribution in [0, 0.1) is 6.92 Å². The number of fused-ring (bicyclic) bond motifs is 2. The molecule has 0 amide bonds. The van der Waals surface area contributed by atoms with Crippen molar-refractivity contribution >= 4 is 22.9 Å². The minimum Gasteiger partial charge on any atom is -0.454 e. The second-order valence-corrected chi connectivity index (χ2v) is 6.00. The van der Waals surface area contributed by atoms with E-state index in [4.69, 9.17) is 32.4 Å². The molecule has 2 aromatic heterocycles. The lowest BCUT2D eigenvalue weighted by Crippen LogP contribution is -2.13. The minimum atomic E-state index is 0.253. The van der Waals surface area contributed by atoms with Crippen LogP contribution in [-0.2, 0) is 6.42 Å². The van der Waals surface area contributed by atoms with Gasteiger partial charge in [0.1, 0.15) is 5.65 Å². The van der Waals surface area contributed by atoms with Crippen LogP contribution in [0.5, 0.6) is 11.5 Å². The highest BCUT2D eigenvalue weighted by atomic mass is 32.1. The van der Waals surface area contributed by atoms with Crippen LogP contribution in [0.2, 0.25) is 0 Å². The highest BCUT2D eigenvalue weighted by molar-refractivity contribution is 7.80. The number of imidazole rings is 1. The molecule has 6 heteroatoms. The van der Waals surface area contributed by atoms with Crippen molar-refractivity contribution in [2.45, 2.75) is 13.3 Å². The van der Waals surface area contributed by atoms with Gasteiger partial charge >= 0.3 is 0 Å².